The SMILES string of the molecule is CCCCCCCCOC(=S)CCCCCCC. The summed E-state index contributed by atoms with van der Waals surface area (Å²) in [5.41, 5.74) is 0. The van der Waals surface area contributed by atoms with Gasteiger partial charge in [0, 0.05) is 6.42 Å². The lowest BCUT2D eigenvalue weighted by Gasteiger charge is -2.07. The Morgan fingerprint density at radius 1 is 0.722 bits per heavy atom. The van der Waals surface area contributed by atoms with Gasteiger partial charge in [-0.3, -0.25) is 0 Å². The van der Waals surface area contributed by atoms with Crippen molar-refractivity contribution in [2.24, 2.45) is 0 Å². The third-order valence-corrected chi connectivity index (χ3v) is 3.57. The molecule has 2 heteroatoms. The minimum atomic E-state index is 0.833. The minimum Gasteiger partial charge on any atom is -0.487 e. The van der Waals surface area contributed by atoms with Gasteiger partial charge < -0.3 is 4.74 Å². The van der Waals surface area contributed by atoms with Gasteiger partial charge in [0.1, 0.15) is 0 Å². The van der Waals surface area contributed by atoms with Gasteiger partial charge >= 0.3 is 0 Å². The summed E-state index contributed by atoms with van der Waals surface area (Å²) < 4.78 is 5.59. The Labute approximate surface area is 120 Å². The van der Waals surface area contributed by atoms with Gasteiger partial charge in [-0.05, 0) is 25.1 Å². The van der Waals surface area contributed by atoms with Crippen LogP contribution < -0.4 is 0 Å². The zero-order chi connectivity index (χ0) is 13.5. The minimum absolute atomic E-state index is 0.833. The fourth-order valence-corrected chi connectivity index (χ4v) is 2.24. The monoisotopic (exact) mass is 272 g/mol. The second-order valence-electron chi connectivity index (χ2n) is 5.15. The highest BCUT2D eigenvalue weighted by atomic mass is 32.1. The number of thiocarbonyl (C=S) groups is 1. The molecule has 0 saturated carbocycles. The van der Waals surface area contributed by atoms with Crippen molar-refractivity contribution in [3.63, 3.8) is 0 Å². The van der Waals surface area contributed by atoms with Crippen molar-refractivity contribution in [1.29, 1.82) is 0 Å². The van der Waals surface area contributed by atoms with E-state index < -0.39 is 0 Å². The van der Waals surface area contributed by atoms with Gasteiger partial charge in [0.15, 0.2) is 5.05 Å². The molecule has 0 unspecified atom stereocenters. The topological polar surface area (TPSA) is 9.23 Å². The molecule has 0 spiro atoms. The van der Waals surface area contributed by atoms with E-state index in [1.165, 1.54) is 70.6 Å². The zero-order valence-corrected chi connectivity index (χ0v) is 13.3. The molecular formula is C16H32OS. The number of rotatable bonds is 13. The lowest BCUT2D eigenvalue weighted by atomic mass is 10.1. The normalized spacial score (nSPS) is 10.6. The van der Waals surface area contributed by atoms with Crippen molar-refractivity contribution in [1.82, 2.24) is 0 Å². The largest absolute Gasteiger partial charge is 0.487 e. The maximum absolute atomic E-state index is 5.59. The first kappa shape index (κ1) is 17.9. The van der Waals surface area contributed by atoms with Crippen molar-refractivity contribution in [2.45, 2.75) is 90.9 Å². The summed E-state index contributed by atoms with van der Waals surface area (Å²) in [7, 11) is 0. The summed E-state index contributed by atoms with van der Waals surface area (Å²) in [6.07, 6.45) is 15.4. The highest BCUT2D eigenvalue weighted by Crippen LogP contribution is 2.08. The average Bonchev–Trinajstić information content (AvgIpc) is 2.37. The summed E-state index contributed by atoms with van der Waals surface area (Å²) in [5, 5.41) is 0.833. The van der Waals surface area contributed by atoms with E-state index in [2.05, 4.69) is 13.8 Å². The van der Waals surface area contributed by atoms with Gasteiger partial charge in [-0.25, -0.2) is 0 Å². The molecule has 108 valence electrons. The van der Waals surface area contributed by atoms with Crippen molar-refractivity contribution in [3.8, 4) is 0 Å². The summed E-state index contributed by atoms with van der Waals surface area (Å²) in [6, 6.07) is 0. The summed E-state index contributed by atoms with van der Waals surface area (Å²) in [6.45, 7) is 5.33. The summed E-state index contributed by atoms with van der Waals surface area (Å²) in [4.78, 5) is 0. The predicted octanol–water partition coefficient (Wildman–Crippen LogP) is 6.05. The third-order valence-electron chi connectivity index (χ3n) is 3.25. The number of hydrogen-bond donors (Lipinski definition) is 0. The number of ether oxygens (including phenoxy) is 1. The molecule has 0 bridgehead atoms. The molecule has 0 saturated heterocycles. The molecule has 0 fully saturated rings. The van der Waals surface area contributed by atoms with Crippen molar-refractivity contribution >= 4 is 17.3 Å². The van der Waals surface area contributed by atoms with E-state index in [4.69, 9.17) is 17.0 Å². The molecule has 1 nitrogen and oxygen atoms in total. The molecule has 0 amide bonds. The van der Waals surface area contributed by atoms with E-state index >= 15 is 0 Å². The van der Waals surface area contributed by atoms with Gasteiger partial charge in [0.05, 0.1) is 6.61 Å². The smallest absolute Gasteiger partial charge is 0.159 e. The zero-order valence-electron chi connectivity index (χ0n) is 12.5. The molecule has 0 radical (unpaired) electrons. The van der Waals surface area contributed by atoms with Gasteiger partial charge in [0.2, 0.25) is 0 Å². The fourth-order valence-electron chi connectivity index (χ4n) is 2.01. The highest BCUT2D eigenvalue weighted by Gasteiger charge is 1.98. The van der Waals surface area contributed by atoms with Crippen LogP contribution in [0.15, 0.2) is 0 Å². The van der Waals surface area contributed by atoms with Crippen LogP contribution in [0.2, 0.25) is 0 Å². The molecule has 0 aliphatic heterocycles. The van der Waals surface area contributed by atoms with Gasteiger partial charge in [-0.15, -0.1) is 0 Å². The van der Waals surface area contributed by atoms with E-state index in [0.717, 1.165) is 18.1 Å². The number of hydrogen-bond acceptors (Lipinski definition) is 2. The molecular weight excluding hydrogens is 240 g/mol. The first-order valence-corrected chi connectivity index (χ1v) is 8.37. The summed E-state index contributed by atoms with van der Waals surface area (Å²) >= 11 is 5.23. The molecule has 0 aromatic rings. The predicted molar refractivity (Wildman–Crippen MR) is 85.3 cm³/mol. The van der Waals surface area contributed by atoms with E-state index in [1.807, 2.05) is 0 Å². The summed E-state index contributed by atoms with van der Waals surface area (Å²) in [5.74, 6) is 0. The van der Waals surface area contributed by atoms with Gasteiger partial charge in [0.25, 0.3) is 0 Å². The molecule has 0 atom stereocenters. The lowest BCUT2D eigenvalue weighted by molar-refractivity contribution is 0.291. The van der Waals surface area contributed by atoms with Crippen LogP contribution in [0.3, 0.4) is 0 Å². The van der Waals surface area contributed by atoms with Gasteiger partial charge in [-0.2, -0.15) is 0 Å². The second kappa shape index (κ2) is 14.9. The lowest BCUT2D eigenvalue weighted by Crippen LogP contribution is -2.03. The van der Waals surface area contributed by atoms with E-state index in [0.29, 0.717) is 0 Å². The van der Waals surface area contributed by atoms with Crippen molar-refractivity contribution in [2.75, 3.05) is 6.61 Å². The van der Waals surface area contributed by atoms with Crippen LogP contribution in [-0.4, -0.2) is 11.7 Å². The highest BCUT2D eigenvalue weighted by molar-refractivity contribution is 7.80. The van der Waals surface area contributed by atoms with Crippen LogP contribution in [0.1, 0.15) is 90.9 Å². The maximum Gasteiger partial charge on any atom is 0.159 e. The Morgan fingerprint density at radius 2 is 1.22 bits per heavy atom. The Hall–Kier alpha value is -0.110. The molecule has 0 N–H and O–H groups in total. The van der Waals surface area contributed by atoms with Crippen LogP contribution in [0, 0.1) is 0 Å². The standard InChI is InChI=1S/C16H32OS/c1-3-5-7-9-11-13-15-17-16(18)14-12-10-8-6-4-2/h3-15H2,1-2H3. The fraction of sp³-hybridized carbons (Fsp3) is 0.938. The Morgan fingerprint density at radius 3 is 1.83 bits per heavy atom. The molecule has 0 rings (SSSR count). The molecule has 0 heterocycles. The molecule has 0 aromatic carbocycles. The quantitative estimate of drug-likeness (QED) is 0.298. The molecule has 0 aromatic heterocycles. The average molecular weight is 272 g/mol. The van der Waals surface area contributed by atoms with E-state index in [1.54, 1.807) is 0 Å². The van der Waals surface area contributed by atoms with E-state index in [-0.39, 0.29) is 0 Å². The first-order valence-electron chi connectivity index (χ1n) is 7.96. The van der Waals surface area contributed by atoms with Crippen LogP contribution in [0.5, 0.6) is 0 Å². The second-order valence-corrected chi connectivity index (χ2v) is 5.61. The van der Waals surface area contributed by atoms with Crippen LogP contribution in [0.25, 0.3) is 0 Å². The van der Waals surface area contributed by atoms with Crippen LogP contribution >= 0.6 is 12.2 Å². The Balaban J connectivity index is 3.12. The van der Waals surface area contributed by atoms with Crippen LogP contribution in [-0.2, 0) is 4.74 Å². The van der Waals surface area contributed by atoms with Crippen molar-refractivity contribution in [3.05, 3.63) is 0 Å². The third kappa shape index (κ3) is 14.0. The first-order chi connectivity index (χ1) is 8.81. The van der Waals surface area contributed by atoms with Crippen molar-refractivity contribution < 1.29 is 4.74 Å². The Kier molecular flexibility index (Phi) is 14.9. The van der Waals surface area contributed by atoms with Crippen LogP contribution in [0.4, 0.5) is 0 Å². The molecule has 0 aliphatic carbocycles. The number of unbranched alkanes of at least 4 members (excludes halogenated alkanes) is 9. The molecule has 0 aliphatic rings. The van der Waals surface area contributed by atoms with Gasteiger partial charge in [-0.1, -0.05) is 71.6 Å². The maximum atomic E-state index is 5.59. The van der Waals surface area contributed by atoms with E-state index in [9.17, 15) is 0 Å². The Bertz CT molecular complexity index is 180. The molecule has 18 heavy (non-hydrogen) atoms.